The molecule has 0 amide bonds. The Kier molecular flexibility index (Phi) is 3.78. The van der Waals surface area contributed by atoms with E-state index in [1.165, 1.54) is 17.6 Å². The number of rotatable bonds is 4. The average Bonchev–Trinajstić information content (AvgIpc) is 2.81. The number of halogens is 1. The minimum Gasteiger partial charge on any atom is -0.271 e. The number of nitrogens with one attached hydrogen (secondary N) is 1. The molecule has 0 aliphatic carbocycles. The van der Waals surface area contributed by atoms with Crippen LogP contribution >= 0.6 is 11.5 Å². The molecule has 1 aromatic carbocycles. The van der Waals surface area contributed by atoms with Crippen LogP contribution in [0.5, 0.6) is 0 Å². The third-order valence-electron chi connectivity index (χ3n) is 2.57. The van der Waals surface area contributed by atoms with Gasteiger partial charge in [-0.2, -0.15) is 0 Å². The smallest absolute Gasteiger partial charge is 0.128 e. The highest BCUT2D eigenvalue weighted by molar-refractivity contribution is 7.05. The van der Waals surface area contributed by atoms with E-state index in [-0.39, 0.29) is 5.82 Å². The second kappa shape index (κ2) is 5.31. The Labute approximate surface area is 103 Å². The monoisotopic (exact) mass is 252 g/mol. The summed E-state index contributed by atoms with van der Waals surface area (Å²) in [5.74, 6) is 5.24. The number of aryl methyl sites for hydroxylation is 1. The maximum absolute atomic E-state index is 13.7. The molecule has 0 aliphatic rings. The van der Waals surface area contributed by atoms with E-state index in [2.05, 4.69) is 15.0 Å². The minimum atomic E-state index is -0.397. The standard InChI is InChI=1S/C11H13FN4S/c1-2-9-11(17-16-15-9)10(14-13)7-5-3-4-6-8(7)12/h3-6,10,14H,2,13H2,1H3. The van der Waals surface area contributed by atoms with Crippen LogP contribution in [0.15, 0.2) is 24.3 Å². The minimum absolute atomic E-state index is 0.286. The first-order valence-corrected chi connectivity index (χ1v) is 6.07. The van der Waals surface area contributed by atoms with Crippen molar-refractivity contribution in [1.82, 2.24) is 15.0 Å². The summed E-state index contributed by atoms with van der Waals surface area (Å²) in [5, 5.41) is 4.01. The summed E-state index contributed by atoms with van der Waals surface area (Å²) in [6.45, 7) is 1.98. The number of aromatic nitrogens is 2. The van der Waals surface area contributed by atoms with Gasteiger partial charge >= 0.3 is 0 Å². The molecular weight excluding hydrogens is 239 g/mol. The summed E-state index contributed by atoms with van der Waals surface area (Å²) in [6, 6.07) is 6.16. The molecule has 1 atom stereocenters. The summed E-state index contributed by atoms with van der Waals surface area (Å²) >= 11 is 1.24. The summed E-state index contributed by atoms with van der Waals surface area (Å²) in [7, 11) is 0. The third kappa shape index (κ3) is 2.33. The lowest BCUT2D eigenvalue weighted by Crippen LogP contribution is -2.29. The van der Waals surface area contributed by atoms with Crippen molar-refractivity contribution in [3.8, 4) is 0 Å². The van der Waals surface area contributed by atoms with E-state index >= 15 is 0 Å². The number of hydrogen-bond acceptors (Lipinski definition) is 5. The topological polar surface area (TPSA) is 63.8 Å². The Morgan fingerprint density at radius 3 is 2.88 bits per heavy atom. The molecule has 0 radical (unpaired) electrons. The SMILES string of the molecule is CCc1nnsc1C(NN)c1ccccc1F. The lowest BCUT2D eigenvalue weighted by Gasteiger charge is -2.15. The van der Waals surface area contributed by atoms with Crippen molar-refractivity contribution in [3.05, 3.63) is 46.2 Å². The Morgan fingerprint density at radius 1 is 1.47 bits per heavy atom. The molecule has 1 heterocycles. The third-order valence-corrected chi connectivity index (χ3v) is 3.40. The average molecular weight is 252 g/mol. The van der Waals surface area contributed by atoms with Crippen LogP contribution in [0.2, 0.25) is 0 Å². The molecule has 2 rings (SSSR count). The van der Waals surface area contributed by atoms with Crippen molar-refractivity contribution in [2.75, 3.05) is 0 Å². The molecular formula is C11H13FN4S. The van der Waals surface area contributed by atoms with Crippen molar-refractivity contribution in [2.45, 2.75) is 19.4 Å². The Hall–Kier alpha value is -1.37. The zero-order chi connectivity index (χ0) is 12.3. The first-order chi connectivity index (χ1) is 8.27. The van der Waals surface area contributed by atoms with Gasteiger partial charge in [-0.25, -0.2) is 9.82 Å². The quantitative estimate of drug-likeness (QED) is 0.643. The zero-order valence-corrected chi connectivity index (χ0v) is 10.2. The summed E-state index contributed by atoms with van der Waals surface area (Å²) < 4.78 is 17.6. The van der Waals surface area contributed by atoms with Crippen LogP contribution in [0.3, 0.4) is 0 Å². The predicted molar refractivity (Wildman–Crippen MR) is 64.9 cm³/mol. The molecule has 0 fully saturated rings. The van der Waals surface area contributed by atoms with Gasteiger partial charge in [-0.1, -0.05) is 29.6 Å². The lowest BCUT2D eigenvalue weighted by molar-refractivity contribution is 0.562. The van der Waals surface area contributed by atoms with Crippen LogP contribution in [-0.2, 0) is 6.42 Å². The van der Waals surface area contributed by atoms with Gasteiger partial charge in [-0.05, 0) is 24.0 Å². The second-order valence-electron chi connectivity index (χ2n) is 3.56. The summed E-state index contributed by atoms with van der Waals surface area (Å²) in [6.07, 6.45) is 0.748. The van der Waals surface area contributed by atoms with Crippen molar-refractivity contribution in [3.63, 3.8) is 0 Å². The van der Waals surface area contributed by atoms with Crippen LogP contribution in [0.1, 0.15) is 29.1 Å². The summed E-state index contributed by atoms with van der Waals surface area (Å²) in [5.41, 5.74) is 3.99. The van der Waals surface area contributed by atoms with Crippen LogP contribution in [0.25, 0.3) is 0 Å². The van der Waals surface area contributed by atoms with Crippen molar-refractivity contribution < 1.29 is 4.39 Å². The van der Waals surface area contributed by atoms with Gasteiger partial charge in [0, 0.05) is 5.56 Å². The van der Waals surface area contributed by atoms with Crippen LogP contribution in [0, 0.1) is 5.82 Å². The zero-order valence-electron chi connectivity index (χ0n) is 9.35. The van der Waals surface area contributed by atoms with Crippen molar-refractivity contribution >= 4 is 11.5 Å². The van der Waals surface area contributed by atoms with E-state index in [1.54, 1.807) is 18.2 Å². The number of nitrogens with two attached hydrogens (primary N) is 1. The Bertz CT molecular complexity index is 500. The van der Waals surface area contributed by atoms with E-state index in [4.69, 9.17) is 5.84 Å². The fourth-order valence-corrected chi connectivity index (χ4v) is 2.51. The summed E-state index contributed by atoms with van der Waals surface area (Å²) in [4.78, 5) is 0.861. The molecule has 2 aromatic rings. The van der Waals surface area contributed by atoms with Gasteiger partial charge in [0.15, 0.2) is 0 Å². The highest BCUT2D eigenvalue weighted by Crippen LogP contribution is 2.28. The van der Waals surface area contributed by atoms with E-state index in [0.29, 0.717) is 5.56 Å². The molecule has 6 heteroatoms. The number of benzene rings is 1. The van der Waals surface area contributed by atoms with Crippen LogP contribution in [0.4, 0.5) is 4.39 Å². The molecule has 17 heavy (non-hydrogen) atoms. The van der Waals surface area contributed by atoms with E-state index < -0.39 is 6.04 Å². The molecule has 0 saturated carbocycles. The van der Waals surface area contributed by atoms with Crippen molar-refractivity contribution in [1.29, 1.82) is 0 Å². The van der Waals surface area contributed by atoms with Gasteiger partial charge < -0.3 is 0 Å². The van der Waals surface area contributed by atoms with Crippen molar-refractivity contribution in [2.24, 2.45) is 5.84 Å². The first-order valence-electron chi connectivity index (χ1n) is 5.29. The maximum Gasteiger partial charge on any atom is 0.128 e. The van der Waals surface area contributed by atoms with E-state index in [1.807, 2.05) is 6.92 Å². The molecule has 0 aliphatic heterocycles. The van der Waals surface area contributed by atoms with Gasteiger partial charge in [-0.15, -0.1) is 5.10 Å². The molecule has 0 bridgehead atoms. The number of nitrogens with zero attached hydrogens (tertiary/aromatic N) is 2. The normalized spacial score (nSPS) is 12.6. The Balaban J connectivity index is 2.44. The first kappa shape index (κ1) is 12.1. The highest BCUT2D eigenvalue weighted by Gasteiger charge is 2.21. The fourth-order valence-electron chi connectivity index (χ4n) is 1.70. The van der Waals surface area contributed by atoms with Gasteiger partial charge in [0.25, 0.3) is 0 Å². The van der Waals surface area contributed by atoms with Gasteiger partial charge in [0.2, 0.25) is 0 Å². The lowest BCUT2D eigenvalue weighted by atomic mass is 10.0. The van der Waals surface area contributed by atoms with Crippen LogP contribution < -0.4 is 11.3 Å². The molecule has 0 saturated heterocycles. The molecule has 3 N–H and O–H groups in total. The number of hydrogen-bond donors (Lipinski definition) is 2. The molecule has 0 spiro atoms. The van der Waals surface area contributed by atoms with E-state index in [9.17, 15) is 4.39 Å². The van der Waals surface area contributed by atoms with Crippen LogP contribution in [-0.4, -0.2) is 9.59 Å². The number of hydrazine groups is 1. The predicted octanol–water partition coefficient (Wildman–Crippen LogP) is 1.79. The second-order valence-corrected chi connectivity index (χ2v) is 4.34. The molecule has 1 aromatic heterocycles. The largest absolute Gasteiger partial charge is 0.271 e. The van der Waals surface area contributed by atoms with Gasteiger partial charge in [-0.3, -0.25) is 5.84 Å². The fraction of sp³-hybridized carbons (Fsp3) is 0.273. The highest BCUT2D eigenvalue weighted by atomic mass is 32.1. The van der Waals surface area contributed by atoms with Gasteiger partial charge in [0.05, 0.1) is 16.6 Å². The maximum atomic E-state index is 13.7. The van der Waals surface area contributed by atoms with Gasteiger partial charge in [0.1, 0.15) is 5.82 Å². The van der Waals surface area contributed by atoms with E-state index in [0.717, 1.165) is 17.0 Å². The molecule has 1 unspecified atom stereocenters. The molecule has 4 nitrogen and oxygen atoms in total. The molecule has 90 valence electrons. The Morgan fingerprint density at radius 2 is 2.24 bits per heavy atom.